The van der Waals surface area contributed by atoms with Gasteiger partial charge in [0.1, 0.15) is 17.9 Å². The van der Waals surface area contributed by atoms with Gasteiger partial charge in [0.05, 0.1) is 13.2 Å². The number of methoxy groups -OCH3 is 1. The number of likely N-dealkylation sites (tertiary alicyclic amines) is 1. The van der Waals surface area contributed by atoms with Crippen LogP contribution in [0.3, 0.4) is 0 Å². The van der Waals surface area contributed by atoms with E-state index in [1.165, 1.54) is 0 Å². The number of rotatable bonds is 5. The zero-order chi connectivity index (χ0) is 16.9. The summed E-state index contributed by atoms with van der Waals surface area (Å²) in [5.41, 5.74) is 1.15. The van der Waals surface area contributed by atoms with Crippen molar-refractivity contribution in [2.24, 2.45) is 7.05 Å². The van der Waals surface area contributed by atoms with E-state index in [1.54, 1.807) is 13.4 Å². The monoisotopic (exact) mass is 328 g/mol. The van der Waals surface area contributed by atoms with Crippen molar-refractivity contribution in [1.29, 1.82) is 0 Å². The Morgan fingerprint density at radius 1 is 1.38 bits per heavy atom. The van der Waals surface area contributed by atoms with Crippen molar-refractivity contribution in [2.75, 3.05) is 13.7 Å². The number of carbonyl (C=O) groups excluding carboxylic acids is 1. The Labute approximate surface area is 142 Å². The van der Waals surface area contributed by atoms with Crippen LogP contribution in [0, 0.1) is 0 Å². The molecule has 0 spiro atoms. The molecule has 0 bridgehead atoms. The molecule has 1 unspecified atom stereocenters. The summed E-state index contributed by atoms with van der Waals surface area (Å²) in [6, 6.07) is 8.19. The minimum atomic E-state index is 0.140. The number of hydrogen-bond acceptors (Lipinski definition) is 4. The molecule has 2 aromatic rings. The van der Waals surface area contributed by atoms with Gasteiger partial charge in [-0.1, -0.05) is 12.1 Å². The van der Waals surface area contributed by atoms with Crippen LogP contribution in [0.5, 0.6) is 5.75 Å². The molecule has 1 atom stereocenters. The van der Waals surface area contributed by atoms with Crippen LogP contribution in [0.1, 0.15) is 43.1 Å². The molecule has 0 aliphatic carbocycles. The maximum Gasteiger partial charge on any atom is 0.223 e. The summed E-state index contributed by atoms with van der Waals surface area (Å²) >= 11 is 0. The van der Waals surface area contributed by atoms with Gasteiger partial charge in [0, 0.05) is 26.4 Å². The van der Waals surface area contributed by atoms with Gasteiger partial charge in [-0.15, -0.1) is 10.2 Å². The molecule has 1 aromatic carbocycles. The molecule has 3 rings (SSSR count). The minimum absolute atomic E-state index is 0.140. The Morgan fingerprint density at radius 2 is 2.25 bits per heavy atom. The molecule has 6 nitrogen and oxygen atoms in total. The van der Waals surface area contributed by atoms with E-state index in [1.807, 2.05) is 34.7 Å². The summed E-state index contributed by atoms with van der Waals surface area (Å²) in [5, 5.41) is 7.93. The molecule has 0 N–H and O–H groups in total. The zero-order valence-electron chi connectivity index (χ0n) is 14.3. The first-order valence-electron chi connectivity index (χ1n) is 8.45. The second kappa shape index (κ2) is 7.47. The lowest BCUT2D eigenvalue weighted by atomic mass is 9.94. The number of ether oxygens (including phenoxy) is 1. The van der Waals surface area contributed by atoms with Crippen LogP contribution in [0.15, 0.2) is 30.6 Å². The number of amides is 1. The Hall–Kier alpha value is -2.37. The van der Waals surface area contributed by atoms with Gasteiger partial charge in [-0.3, -0.25) is 4.79 Å². The van der Waals surface area contributed by atoms with Crippen LogP contribution < -0.4 is 4.74 Å². The molecule has 1 aromatic heterocycles. The molecule has 128 valence electrons. The fourth-order valence-electron chi connectivity index (χ4n) is 3.32. The third kappa shape index (κ3) is 3.58. The average molecular weight is 328 g/mol. The van der Waals surface area contributed by atoms with Crippen LogP contribution in [0.4, 0.5) is 0 Å². The van der Waals surface area contributed by atoms with Crippen LogP contribution in [-0.2, 0) is 18.3 Å². The van der Waals surface area contributed by atoms with E-state index in [2.05, 4.69) is 16.3 Å². The minimum Gasteiger partial charge on any atom is -0.497 e. The van der Waals surface area contributed by atoms with Gasteiger partial charge in [0.25, 0.3) is 0 Å². The van der Waals surface area contributed by atoms with E-state index in [4.69, 9.17) is 4.74 Å². The van der Waals surface area contributed by atoms with Crippen LogP contribution in [0.2, 0.25) is 0 Å². The molecule has 24 heavy (non-hydrogen) atoms. The SMILES string of the molecule is COc1cccc(C2CCCCN2C(=O)CCc2nncn2C)c1. The fraction of sp³-hybridized carbons (Fsp3) is 0.500. The maximum atomic E-state index is 12.8. The predicted molar refractivity (Wildman–Crippen MR) is 90.6 cm³/mol. The molecular weight excluding hydrogens is 304 g/mol. The summed E-state index contributed by atoms with van der Waals surface area (Å²) in [6.45, 7) is 0.819. The lowest BCUT2D eigenvalue weighted by Crippen LogP contribution is -2.38. The number of piperidine rings is 1. The van der Waals surface area contributed by atoms with Gasteiger partial charge < -0.3 is 14.2 Å². The molecule has 1 saturated heterocycles. The van der Waals surface area contributed by atoms with Crippen molar-refractivity contribution in [1.82, 2.24) is 19.7 Å². The Kier molecular flexibility index (Phi) is 5.13. The molecule has 0 saturated carbocycles. The number of hydrogen-bond donors (Lipinski definition) is 0. The number of aryl methyl sites for hydroxylation is 2. The molecule has 1 aliphatic rings. The van der Waals surface area contributed by atoms with E-state index < -0.39 is 0 Å². The Morgan fingerprint density at radius 3 is 3.00 bits per heavy atom. The summed E-state index contributed by atoms with van der Waals surface area (Å²) in [4.78, 5) is 14.8. The van der Waals surface area contributed by atoms with Crippen molar-refractivity contribution >= 4 is 5.91 Å². The first-order valence-corrected chi connectivity index (χ1v) is 8.45. The highest BCUT2D eigenvalue weighted by molar-refractivity contribution is 5.77. The van der Waals surface area contributed by atoms with Gasteiger partial charge >= 0.3 is 0 Å². The smallest absolute Gasteiger partial charge is 0.223 e. The Balaban J connectivity index is 1.71. The van der Waals surface area contributed by atoms with Gasteiger partial charge in [-0.2, -0.15) is 0 Å². The highest BCUT2D eigenvalue weighted by Crippen LogP contribution is 2.33. The largest absolute Gasteiger partial charge is 0.497 e. The third-order valence-corrected chi connectivity index (χ3v) is 4.67. The number of aromatic nitrogens is 3. The number of carbonyl (C=O) groups is 1. The molecule has 1 fully saturated rings. The fourth-order valence-corrected chi connectivity index (χ4v) is 3.32. The van der Waals surface area contributed by atoms with Crippen LogP contribution >= 0.6 is 0 Å². The summed E-state index contributed by atoms with van der Waals surface area (Å²) in [6.07, 6.45) is 5.97. The van der Waals surface area contributed by atoms with E-state index >= 15 is 0 Å². The van der Waals surface area contributed by atoms with E-state index in [0.717, 1.165) is 42.9 Å². The zero-order valence-corrected chi connectivity index (χ0v) is 14.3. The van der Waals surface area contributed by atoms with E-state index in [-0.39, 0.29) is 11.9 Å². The lowest BCUT2D eigenvalue weighted by Gasteiger charge is -2.36. The van der Waals surface area contributed by atoms with Gasteiger partial charge in [-0.25, -0.2) is 0 Å². The highest BCUT2D eigenvalue weighted by Gasteiger charge is 2.28. The van der Waals surface area contributed by atoms with Crippen molar-refractivity contribution in [3.05, 3.63) is 42.0 Å². The second-order valence-electron chi connectivity index (χ2n) is 6.23. The van der Waals surface area contributed by atoms with E-state index in [0.29, 0.717) is 12.8 Å². The average Bonchev–Trinajstić information content (AvgIpc) is 3.04. The van der Waals surface area contributed by atoms with Crippen molar-refractivity contribution in [3.63, 3.8) is 0 Å². The first kappa shape index (κ1) is 16.5. The second-order valence-corrected chi connectivity index (χ2v) is 6.23. The summed E-state index contributed by atoms with van der Waals surface area (Å²) in [7, 11) is 3.57. The lowest BCUT2D eigenvalue weighted by molar-refractivity contribution is -0.135. The van der Waals surface area contributed by atoms with Crippen molar-refractivity contribution in [2.45, 2.75) is 38.1 Å². The van der Waals surface area contributed by atoms with Crippen molar-refractivity contribution < 1.29 is 9.53 Å². The topological polar surface area (TPSA) is 60.2 Å². The normalized spacial score (nSPS) is 17.8. The molecule has 6 heteroatoms. The molecule has 1 aliphatic heterocycles. The van der Waals surface area contributed by atoms with Crippen molar-refractivity contribution in [3.8, 4) is 5.75 Å². The molecule has 1 amide bonds. The predicted octanol–water partition coefficient (Wildman–Crippen LogP) is 2.51. The van der Waals surface area contributed by atoms with Gasteiger partial charge in [0.15, 0.2) is 0 Å². The van der Waals surface area contributed by atoms with E-state index in [9.17, 15) is 4.79 Å². The Bertz CT molecular complexity index is 698. The maximum absolute atomic E-state index is 12.8. The standard InChI is InChI=1S/C18H24N4O2/c1-21-13-19-20-17(21)9-10-18(23)22-11-4-3-8-16(22)14-6-5-7-15(12-14)24-2/h5-7,12-13,16H,3-4,8-11H2,1-2H3. The summed E-state index contributed by atoms with van der Waals surface area (Å²) < 4.78 is 7.19. The molecule has 2 heterocycles. The molecule has 0 radical (unpaired) electrons. The van der Waals surface area contributed by atoms with Gasteiger partial charge in [-0.05, 0) is 37.0 Å². The quantitative estimate of drug-likeness (QED) is 0.846. The third-order valence-electron chi connectivity index (χ3n) is 4.67. The molecular formula is C18H24N4O2. The highest BCUT2D eigenvalue weighted by atomic mass is 16.5. The summed E-state index contributed by atoms with van der Waals surface area (Å²) in [5.74, 6) is 1.87. The van der Waals surface area contributed by atoms with Crippen LogP contribution in [-0.4, -0.2) is 39.2 Å². The number of benzene rings is 1. The van der Waals surface area contributed by atoms with Gasteiger partial charge in [0.2, 0.25) is 5.91 Å². The first-order chi connectivity index (χ1) is 11.7. The van der Waals surface area contributed by atoms with Crippen LogP contribution in [0.25, 0.3) is 0 Å². The number of nitrogens with zero attached hydrogens (tertiary/aromatic N) is 4.